The van der Waals surface area contributed by atoms with Crippen molar-refractivity contribution in [3.8, 4) is 5.75 Å². The van der Waals surface area contributed by atoms with Crippen LogP contribution < -0.4 is 25.2 Å². The van der Waals surface area contributed by atoms with Crippen LogP contribution in [0.2, 0.25) is 0 Å². The van der Waals surface area contributed by atoms with Gasteiger partial charge in [0.2, 0.25) is 5.91 Å². The third-order valence-electron chi connectivity index (χ3n) is 5.45. The van der Waals surface area contributed by atoms with Crippen LogP contribution in [0.15, 0.2) is 48.5 Å². The van der Waals surface area contributed by atoms with E-state index < -0.39 is 5.54 Å². The second-order valence-electron chi connectivity index (χ2n) is 7.97. The lowest BCUT2D eigenvalue weighted by Gasteiger charge is -2.42. The average molecular weight is 426 g/mol. The molecule has 0 radical (unpaired) electrons. The molecule has 1 unspecified atom stereocenters. The number of hydrogen-bond donors (Lipinski definition) is 3. The van der Waals surface area contributed by atoms with Crippen molar-refractivity contribution in [2.75, 3.05) is 42.3 Å². The van der Waals surface area contributed by atoms with Gasteiger partial charge < -0.3 is 20.3 Å². The minimum Gasteiger partial charge on any atom is -0.495 e. The quantitative estimate of drug-likeness (QED) is 0.624. The number of hydrogen-bond acceptors (Lipinski definition) is 4. The van der Waals surface area contributed by atoms with Gasteiger partial charge in [0.15, 0.2) is 13.1 Å². The zero-order chi connectivity index (χ0) is 22.6. The highest BCUT2D eigenvalue weighted by molar-refractivity contribution is 6.14. The van der Waals surface area contributed by atoms with E-state index in [4.69, 9.17) is 4.74 Å². The fraction of sp³-hybridized carbons (Fsp3) is 0.348. The van der Waals surface area contributed by atoms with Crippen LogP contribution in [0.25, 0.3) is 0 Å². The number of anilines is 3. The van der Waals surface area contributed by atoms with Gasteiger partial charge in [-0.25, -0.2) is 0 Å². The predicted molar refractivity (Wildman–Crippen MR) is 119 cm³/mol. The first-order valence-corrected chi connectivity index (χ1v) is 10.3. The van der Waals surface area contributed by atoms with Gasteiger partial charge >= 0.3 is 0 Å². The molecular weight excluding hydrogens is 396 g/mol. The highest BCUT2D eigenvalue weighted by atomic mass is 16.5. The van der Waals surface area contributed by atoms with Gasteiger partial charge in [-0.3, -0.25) is 19.3 Å². The molecule has 0 saturated carbocycles. The maximum Gasteiger partial charge on any atom is 0.283 e. The van der Waals surface area contributed by atoms with Crippen molar-refractivity contribution >= 4 is 34.8 Å². The number of quaternary nitrogens is 1. The lowest BCUT2D eigenvalue weighted by Crippen LogP contribution is -3.14. The lowest BCUT2D eigenvalue weighted by atomic mass is 9.96. The first-order valence-electron chi connectivity index (χ1n) is 10.3. The Kier molecular flexibility index (Phi) is 6.60. The third-order valence-corrected chi connectivity index (χ3v) is 5.45. The van der Waals surface area contributed by atoms with E-state index in [0.29, 0.717) is 29.4 Å². The van der Waals surface area contributed by atoms with Crippen molar-refractivity contribution in [3.63, 3.8) is 0 Å². The van der Waals surface area contributed by atoms with Gasteiger partial charge in [0.05, 0.1) is 30.7 Å². The predicted octanol–water partition coefficient (Wildman–Crippen LogP) is 1.30. The molecule has 0 aromatic heterocycles. The number of nitrogens with one attached hydrogen (secondary N) is 3. The number of para-hydroxylation sites is 4. The molecule has 8 nitrogen and oxygen atoms in total. The van der Waals surface area contributed by atoms with Crippen LogP contribution in [0.3, 0.4) is 0 Å². The Bertz CT molecular complexity index is 989. The molecular formula is C23H29N4O4+. The van der Waals surface area contributed by atoms with Gasteiger partial charge in [-0.2, -0.15) is 0 Å². The zero-order valence-electron chi connectivity index (χ0n) is 18.3. The molecule has 1 heterocycles. The maximum atomic E-state index is 13.3. The number of ether oxygens (including phenoxy) is 1. The summed E-state index contributed by atoms with van der Waals surface area (Å²) < 4.78 is 5.27. The second kappa shape index (κ2) is 9.18. The number of carbonyl (C=O) groups is 3. The van der Waals surface area contributed by atoms with E-state index in [2.05, 4.69) is 10.6 Å². The van der Waals surface area contributed by atoms with Gasteiger partial charge in [-0.1, -0.05) is 24.3 Å². The molecule has 0 fully saturated rings. The molecule has 1 aliphatic heterocycles. The molecule has 1 atom stereocenters. The maximum absolute atomic E-state index is 13.3. The van der Waals surface area contributed by atoms with Gasteiger partial charge in [0.25, 0.3) is 11.8 Å². The number of amides is 3. The van der Waals surface area contributed by atoms with Crippen molar-refractivity contribution in [2.24, 2.45) is 0 Å². The molecule has 3 amide bonds. The first-order chi connectivity index (χ1) is 14.8. The number of rotatable bonds is 7. The Morgan fingerprint density at radius 3 is 2.48 bits per heavy atom. The van der Waals surface area contributed by atoms with Crippen LogP contribution in [0.5, 0.6) is 5.75 Å². The van der Waals surface area contributed by atoms with Crippen molar-refractivity contribution in [1.82, 2.24) is 0 Å². The Hall–Kier alpha value is -3.39. The van der Waals surface area contributed by atoms with Crippen LogP contribution in [0.1, 0.15) is 20.8 Å². The highest BCUT2D eigenvalue weighted by Crippen LogP contribution is 2.36. The summed E-state index contributed by atoms with van der Waals surface area (Å²) in [6.07, 6.45) is 0. The van der Waals surface area contributed by atoms with Crippen molar-refractivity contribution < 1.29 is 24.0 Å². The number of benzene rings is 2. The third kappa shape index (κ3) is 4.69. The standard InChI is InChI=1S/C23H28N4O4/c1-5-26(14-20(28)24-17-11-7-9-13-19(17)31-4)15-21(29)27-18-12-8-6-10-16(18)25-22(30)23(27,2)3/h6-13H,5,14-15H2,1-4H3,(H,24,28)(H,25,30)/p+1. The zero-order valence-corrected chi connectivity index (χ0v) is 18.3. The van der Waals surface area contributed by atoms with E-state index in [-0.39, 0.29) is 30.8 Å². The lowest BCUT2D eigenvalue weighted by molar-refractivity contribution is -0.881. The summed E-state index contributed by atoms with van der Waals surface area (Å²) in [5.74, 6) is -0.103. The van der Waals surface area contributed by atoms with E-state index in [1.165, 1.54) is 4.90 Å². The summed E-state index contributed by atoms with van der Waals surface area (Å²) in [5, 5.41) is 5.70. The molecule has 0 saturated heterocycles. The number of likely N-dealkylation sites (N-methyl/N-ethyl adjacent to an activating group) is 1. The second-order valence-corrected chi connectivity index (χ2v) is 7.97. The molecule has 3 rings (SSSR count). The van der Waals surface area contributed by atoms with E-state index >= 15 is 0 Å². The molecule has 31 heavy (non-hydrogen) atoms. The molecule has 2 aromatic rings. The fourth-order valence-electron chi connectivity index (χ4n) is 3.67. The minimum atomic E-state index is -1.04. The Balaban J connectivity index is 1.73. The SMILES string of the molecule is CC[NH+](CC(=O)Nc1ccccc1OC)CC(=O)N1c2ccccc2NC(=O)C1(C)C. The highest BCUT2D eigenvalue weighted by Gasteiger charge is 2.44. The average Bonchev–Trinajstić information content (AvgIpc) is 2.74. The first kappa shape index (κ1) is 22.3. The van der Waals surface area contributed by atoms with E-state index in [0.717, 1.165) is 4.90 Å². The number of methoxy groups -OCH3 is 1. The van der Waals surface area contributed by atoms with Crippen LogP contribution in [0, 0.1) is 0 Å². The summed E-state index contributed by atoms with van der Waals surface area (Å²) >= 11 is 0. The van der Waals surface area contributed by atoms with Crippen LogP contribution >= 0.6 is 0 Å². The minimum absolute atomic E-state index is 0.0842. The van der Waals surface area contributed by atoms with Gasteiger partial charge in [-0.05, 0) is 45.0 Å². The van der Waals surface area contributed by atoms with Crippen molar-refractivity contribution in [2.45, 2.75) is 26.3 Å². The van der Waals surface area contributed by atoms with Crippen molar-refractivity contribution in [1.29, 1.82) is 0 Å². The van der Waals surface area contributed by atoms with Crippen LogP contribution in [-0.4, -0.2) is 50.0 Å². The van der Waals surface area contributed by atoms with Crippen molar-refractivity contribution in [3.05, 3.63) is 48.5 Å². The number of fused-ring (bicyclic) bond motifs is 1. The summed E-state index contributed by atoms with van der Waals surface area (Å²) in [7, 11) is 1.54. The molecule has 2 aromatic carbocycles. The van der Waals surface area contributed by atoms with Gasteiger partial charge in [0, 0.05) is 0 Å². The number of nitrogens with zero attached hydrogens (tertiary/aromatic N) is 1. The molecule has 0 bridgehead atoms. The monoisotopic (exact) mass is 425 g/mol. The molecule has 0 spiro atoms. The molecule has 0 aliphatic carbocycles. The van der Waals surface area contributed by atoms with Crippen LogP contribution in [-0.2, 0) is 14.4 Å². The topological polar surface area (TPSA) is 92.2 Å². The van der Waals surface area contributed by atoms with Crippen LogP contribution in [0.4, 0.5) is 17.1 Å². The van der Waals surface area contributed by atoms with E-state index in [9.17, 15) is 14.4 Å². The summed E-state index contributed by atoms with van der Waals surface area (Å²) in [4.78, 5) is 40.8. The summed E-state index contributed by atoms with van der Waals surface area (Å²) in [6.45, 7) is 6.13. The smallest absolute Gasteiger partial charge is 0.283 e. The summed E-state index contributed by atoms with van der Waals surface area (Å²) in [5.41, 5.74) is 0.807. The van der Waals surface area contributed by atoms with Gasteiger partial charge in [-0.15, -0.1) is 0 Å². The largest absolute Gasteiger partial charge is 0.495 e. The van der Waals surface area contributed by atoms with E-state index in [1.54, 1.807) is 39.2 Å². The van der Waals surface area contributed by atoms with Gasteiger partial charge in [0.1, 0.15) is 11.3 Å². The van der Waals surface area contributed by atoms with E-state index in [1.807, 2.05) is 37.3 Å². The Labute approximate surface area is 182 Å². The Morgan fingerprint density at radius 2 is 1.77 bits per heavy atom. The normalized spacial score (nSPS) is 15.5. The fourth-order valence-corrected chi connectivity index (χ4v) is 3.67. The molecule has 1 aliphatic rings. The number of carbonyl (C=O) groups excluding carboxylic acids is 3. The molecule has 3 N–H and O–H groups in total. The molecule has 8 heteroatoms. The summed E-state index contributed by atoms with van der Waals surface area (Å²) in [6, 6.07) is 14.4. The molecule has 164 valence electrons. The Morgan fingerprint density at radius 1 is 1.10 bits per heavy atom.